The van der Waals surface area contributed by atoms with Crippen LogP contribution in [0.2, 0.25) is 10.0 Å². The van der Waals surface area contributed by atoms with Gasteiger partial charge in [0.15, 0.2) is 11.5 Å². The van der Waals surface area contributed by atoms with Gasteiger partial charge in [-0.25, -0.2) is 0 Å². The molecule has 3 aromatic carbocycles. The second-order valence-electron chi connectivity index (χ2n) is 7.57. The molecule has 1 heterocycles. The number of amides is 2. The van der Waals surface area contributed by atoms with Gasteiger partial charge in [0.1, 0.15) is 6.61 Å². The van der Waals surface area contributed by atoms with Gasteiger partial charge >= 0.3 is 0 Å². The first-order valence-corrected chi connectivity index (χ1v) is 13.3. The molecule has 4 rings (SSSR count). The lowest BCUT2D eigenvalue weighted by atomic mass is 10.1. The second-order valence-corrected chi connectivity index (χ2v) is 10.7. The summed E-state index contributed by atoms with van der Waals surface area (Å²) in [6, 6.07) is 18.5. The molecule has 3 aromatic rings. The van der Waals surface area contributed by atoms with E-state index in [1.54, 1.807) is 42.5 Å². The van der Waals surface area contributed by atoms with Gasteiger partial charge in [0.2, 0.25) is 0 Å². The van der Waals surface area contributed by atoms with Gasteiger partial charge < -0.3 is 9.47 Å². The third-order valence-electron chi connectivity index (χ3n) is 5.05. The van der Waals surface area contributed by atoms with Crippen LogP contribution < -0.4 is 9.47 Å². The average Bonchev–Trinajstić information content (AvgIpc) is 3.08. The summed E-state index contributed by atoms with van der Waals surface area (Å²) in [5.74, 6) is 0.542. The van der Waals surface area contributed by atoms with Gasteiger partial charge in [-0.15, -0.1) is 0 Å². The number of thioether (sulfide) groups is 1. The lowest BCUT2D eigenvalue weighted by Crippen LogP contribution is -2.27. The molecule has 1 aliphatic rings. The van der Waals surface area contributed by atoms with Crippen molar-refractivity contribution in [3.63, 3.8) is 0 Å². The Kier molecular flexibility index (Phi) is 8.64. The molecule has 0 aromatic heterocycles. The number of imide groups is 1. The quantitative estimate of drug-likeness (QED) is 0.186. The predicted molar refractivity (Wildman–Crippen MR) is 149 cm³/mol. The number of carbonyl (C=O) groups is 2. The molecule has 0 N–H and O–H groups in total. The van der Waals surface area contributed by atoms with Crippen LogP contribution in [0.5, 0.6) is 11.5 Å². The molecule has 35 heavy (non-hydrogen) atoms. The largest absolute Gasteiger partial charge is 0.490 e. The van der Waals surface area contributed by atoms with E-state index in [4.69, 9.17) is 32.7 Å². The first-order chi connectivity index (χ1) is 16.8. The number of ether oxygens (including phenoxy) is 2. The van der Waals surface area contributed by atoms with Gasteiger partial charge in [0.05, 0.1) is 23.1 Å². The number of nitrogens with zero attached hydrogens (tertiary/aromatic N) is 1. The van der Waals surface area contributed by atoms with E-state index in [1.807, 2.05) is 31.2 Å². The number of hydrogen-bond acceptors (Lipinski definition) is 5. The van der Waals surface area contributed by atoms with Crippen LogP contribution in [-0.2, 0) is 17.9 Å². The van der Waals surface area contributed by atoms with Crippen molar-refractivity contribution in [3.8, 4) is 11.5 Å². The van der Waals surface area contributed by atoms with E-state index in [1.165, 1.54) is 4.90 Å². The molecule has 9 heteroatoms. The van der Waals surface area contributed by atoms with E-state index < -0.39 is 0 Å². The minimum atomic E-state index is -0.358. The van der Waals surface area contributed by atoms with Crippen LogP contribution >= 0.6 is 57.6 Å². The predicted octanol–water partition coefficient (Wildman–Crippen LogP) is 7.81. The Morgan fingerprint density at radius 3 is 2.34 bits per heavy atom. The highest BCUT2D eigenvalue weighted by Crippen LogP contribution is 2.40. The second kappa shape index (κ2) is 11.7. The molecule has 0 atom stereocenters. The van der Waals surface area contributed by atoms with Crippen LogP contribution in [0.4, 0.5) is 4.79 Å². The van der Waals surface area contributed by atoms with Crippen LogP contribution in [-0.4, -0.2) is 22.7 Å². The maximum absolute atomic E-state index is 12.9. The number of halogens is 3. The lowest BCUT2D eigenvalue weighted by molar-refractivity contribution is -0.123. The minimum Gasteiger partial charge on any atom is -0.490 e. The van der Waals surface area contributed by atoms with Crippen molar-refractivity contribution in [2.45, 2.75) is 20.1 Å². The molecule has 5 nitrogen and oxygen atoms in total. The Morgan fingerprint density at radius 1 is 0.971 bits per heavy atom. The third kappa shape index (κ3) is 6.52. The molecule has 180 valence electrons. The molecular weight excluding hydrogens is 620 g/mol. The number of benzene rings is 3. The molecule has 1 saturated heterocycles. The van der Waals surface area contributed by atoms with E-state index in [-0.39, 0.29) is 17.7 Å². The number of hydrogen-bond donors (Lipinski definition) is 0. The van der Waals surface area contributed by atoms with Crippen molar-refractivity contribution in [3.05, 3.63) is 95.9 Å². The molecule has 0 radical (unpaired) electrons. The Balaban J connectivity index is 1.54. The molecule has 0 bridgehead atoms. The highest BCUT2D eigenvalue weighted by atomic mass is 127. The average molecular weight is 640 g/mol. The first-order valence-electron chi connectivity index (χ1n) is 10.7. The molecular formula is C26H20Cl2INO4S. The van der Waals surface area contributed by atoms with Gasteiger partial charge in [-0.05, 0) is 100 Å². The Morgan fingerprint density at radius 2 is 1.66 bits per heavy atom. The Hall–Kier alpha value is -2.20. The van der Waals surface area contributed by atoms with Gasteiger partial charge in [-0.2, -0.15) is 0 Å². The maximum atomic E-state index is 12.9. The maximum Gasteiger partial charge on any atom is 0.293 e. The summed E-state index contributed by atoms with van der Waals surface area (Å²) in [6.07, 6.45) is 1.64. The van der Waals surface area contributed by atoms with Crippen LogP contribution in [0.1, 0.15) is 23.6 Å². The zero-order valence-corrected chi connectivity index (χ0v) is 23.1. The number of rotatable bonds is 8. The van der Waals surface area contributed by atoms with Gasteiger partial charge in [-0.1, -0.05) is 47.5 Å². The summed E-state index contributed by atoms with van der Waals surface area (Å²) in [5, 5.41) is 0.619. The molecule has 1 fully saturated rings. The highest BCUT2D eigenvalue weighted by molar-refractivity contribution is 14.1. The number of carbonyl (C=O) groups excluding carboxylic acids is 2. The van der Waals surface area contributed by atoms with E-state index in [9.17, 15) is 9.59 Å². The summed E-state index contributed by atoms with van der Waals surface area (Å²) < 4.78 is 12.9. The van der Waals surface area contributed by atoms with Gasteiger partial charge in [0, 0.05) is 8.59 Å². The topological polar surface area (TPSA) is 55.8 Å². The standard InChI is InChI=1S/C26H20Cl2INO4S/c1-2-33-22-12-18(11-21(28)24(22)34-15-17-5-9-20(29)10-6-17)13-23-25(31)30(26(32)35-23)14-16-3-7-19(27)8-4-16/h3-13H,2,14-15H2,1H3/b23-13-. The van der Waals surface area contributed by atoms with Gasteiger partial charge in [-0.3, -0.25) is 14.5 Å². The van der Waals surface area contributed by atoms with Crippen molar-refractivity contribution >= 4 is 74.8 Å². The van der Waals surface area contributed by atoms with E-state index >= 15 is 0 Å². The van der Waals surface area contributed by atoms with E-state index in [0.717, 1.165) is 26.5 Å². The van der Waals surface area contributed by atoms with Crippen LogP contribution in [0.15, 0.2) is 65.6 Å². The smallest absolute Gasteiger partial charge is 0.293 e. The normalized spacial score (nSPS) is 14.6. The molecule has 1 aliphatic heterocycles. The fourth-order valence-corrected chi connectivity index (χ4v) is 4.97. The zero-order valence-electron chi connectivity index (χ0n) is 18.6. The van der Waals surface area contributed by atoms with Crippen molar-refractivity contribution in [1.29, 1.82) is 0 Å². The zero-order chi connectivity index (χ0) is 24.9. The third-order valence-corrected chi connectivity index (χ3v) is 7.21. The first kappa shape index (κ1) is 25.9. The summed E-state index contributed by atoms with van der Waals surface area (Å²) in [6.45, 7) is 2.79. The van der Waals surface area contributed by atoms with Crippen LogP contribution in [0.3, 0.4) is 0 Å². The summed E-state index contributed by atoms with van der Waals surface area (Å²) >= 11 is 15.6. The van der Waals surface area contributed by atoms with Crippen molar-refractivity contribution in [2.75, 3.05) is 6.61 Å². The fraction of sp³-hybridized carbons (Fsp3) is 0.154. The molecule has 0 unspecified atom stereocenters. The van der Waals surface area contributed by atoms with Crippen molar-refractivity contribution < 1.29 is 19.1 Å². The van der Waals surface area contributed by atoms with Gasteiger partial charge in [0.25, 0.3) is 11.1 Å². The fourth-order valence-electron chi connectivity index (χ4n) is 3.37. The van der Waals surface area contributed by atoms with Crippen molar-refractivity contribution in [2.24, 2.45) is 0 Å². The highest BCUT2D eigenvalue weighted by Gasteiger charge is 2.35. The van der Waals surface area contributed by atoms with E-state index in [2.05, 4.69) is 22.6 Å². The monoisotopic (exact) mass is 639 g/mol. The summed E-state index contributed by atoms with van der Waals surface area (Å²) in [5.41, 5.74) is 2.45. The molecule has 2 amide bonds. The van der Waals surface area contributed by atoms with Crippen molar-refractivity contribution in [1.82, 2.24) is 4.90 Å². The lowest BCUT2D eigenvalue weighted by Gasteiger charge is -2.15. The Bertz CT molecular complexity index is 1280. The van der Waals surface area contributed by atoms with Crippen LogP contribution in [0.25, 0.3) is 6.08 Å². The Labute approximate surface area is 231 Å². The van der Waals surface area contributed by atoms with Crippen LogP contribution in [0, 0.1) is 3.57 Å². The summed E-state index contributed by atoms with van der Waals surface area (Å²) in [7, 11) is 0. The molecule has 0 spiro atoms. The van der Waals surface area contributed by atoms with E-state index in [0.29, 0.717) is 45.2 Å². The SMILES string of the molecule is CCOc1cc(/C=C2\SC(=O)N(Cc3ccc(Cl)cc3)C2=O)cc(Cl)c1OCc1ccc(I)cc1. The summed E-state index contributed by atoms with van der Waals surface area (Å²) in [4.78, 5) is 27.0. The minimum absolute atomic E-state index is 0.176. The molecule has 0 aliphatic carbocycles. The molecule has 0 saturated carbocycles.